The van der Waals surface area contributed by atoms with Gasteiger partial charge in [0.25, 0.3) is 0 Å². The molecule has 0 radical (unpaired) electrons. The number of methoxy groups -OCH3 is 2. The lowest BCUT2D eigenvalue weighted by Crippen LogP contribution is -2.31. The number of hydrogen-bond donors (Lipinski definition) is 1. The summed E-state index contributed by atoms with van der Waals surface area (Å²) < 4.78 is 12.4. The van der Waals surface area contributed by atoms with Gasteiger partial charge in [0.2, 0.25) is 0 Å². The Bertz CT molecular complexity index is 973. The van der Waals surface area contributed by atoms with E-state index in [4.69, 9.17) is 31.9 Å². The fourth-order valence-electron chi connectivity index (χ4n) is 3.22. The van der Waals surface area contributed by atoms with Crippen molar-refractivity contribution in [2.24, 2.45) is 0 Å². The molecular formula is C20H26ClN5O2. The van der Waals surface area contributed by atoms with Crippen molar-refractivity contribution in [2.45, 2.75) is 20.3 Å². The highest BCUT2D eigenvalue weighted by Gasteiger charge is 2.19. The van der Waals surface area contributed by atoms with E-state index < -0.39 is 0 Å². The lowest BCUT2D eigenvalue weighted by molar-refractivity contribution is 0.205. The van der Waals surface area contributed by atoms with Crippen LogP contribution in [0.1, 0.15) is 18.9 Å². The molecule has 150 valence electrons. The number of benzene rings is 1. The van der Waals surface area contributed by atoms with Gasteiger partial charge in [-0.05, 0) is 31.5 Å². The highest BCUT2D eigenvalue weighted by Crippen LogP contribution is 2.33. The summed E-state index contributed by atoms with van der Waals surface area (Å²) in [5.74, 6) is 2.12. The number of rotatable bonds is 8. The number of anilines is 2. The van der Waals surface area contributed by atoms with Crippen molar-refractivity contribution in [1.82, 2.24) is 14.6 Å². The monoisotopic (exact) mass is 403 g/mol. The average Bonchev–Trinajstić information content (AvgIpc) is 3.09. The van der Waals surface area contributed by atoms with E-state index in [0.29, 0.717) is 28.8 Å². The predicted octanol–water partition coefficient (Wildman–Crippen LogP) is 3.81. The first-order valence-electron chi connectivity index (χ1n) is 9.23. The molecule has 0 unspecified atom stereocenters. The molecule has 0 fully saturated rings. The van der Waals surface area contributed by atoms with Crippen molar-refractivity contribution in [2.75, 3.05) is 44.5 Å². The Morgan fingerprint density at radius 1 is 1.21 bits per heavy atom. The molecule has 2 aromatic heterocycles. The summed E-state index contributed by atoms with van der Waals surface area (Å²) in [7, 11) is 3.31. The van der Waals surface area contributed by atoms with Gasteiger partial charge in [0, 0.05) is 37.4 Å². The molecule has 2 heterocycles. The molecule has 0 aliphatic rings. The molecule has 0 bridgehead atoms. The van der Waals surface area contributed by atoms with E-state index in [1.54, 1.807) is 20.3 Å². The minimum atomic E-state index is 0.494. The number of nitrogen functional groups attached to an aromatic ring is 1. The second kappa shape index (κ2) is 8.67. The third-order valence-electron chi connectivity index (χ3n) is 4.66. The zero-order valence-corrected chi connectivity index (χ0v) is 17.5. The second-order valence-corrected chi connectivity index (χ2v) is 6.98. The number of aromatic nitrogens is 3. The van der Waals surface area contributed by atoms with Crippen LogP contribution in [0.4, 0.5) is 11.6 Å². The molecule has 0 spiro atoms. The number of halogens is 1. The Morgan fingerprint density at radius 2 is 2.00 bits per heavy atom. The Hall–Kier alpha value is -2.51. The summed E-state index contributed by atoms with van der Waals surface area (Å²) in [6.07, 6.45) is 0.991. The van der Waals surface area contributed by atoms with Crippen LogP contribution in [0.3, 0.4) is 0 Å². The van der Waals surface area contributed by atoms with Crippen molar-refractivity contribution in [3.63, 3.8) is 0 Å². The standard InChI is InChI=1S/C20H26ClN5O2/c1-5-8-25(9-10-27-3)20-13(2)19(22)23-18-12-17(24-26(18)20)15-7-6-14(28-4)11-16(15)21/h6-7,11-12H,5,8-10H2,1-4H3,(H2,22,23). The van der Waals surface area contributed by atoms with Crippen molar-refractivity contribution >= 4 is 28.9 Å². The number of hydrogen-bond acceptors (Lipinski definition) is 6. The van der Waals surface area contributed by atoms with Gasteiger partial charge in [-0.3, -0.25) is 0 Å². The molecule has 8 heteroatoms. The quantitative estimate of drug-likeness (QED) is 0.616. The number of nitrogens with two attached hydrogens (primary N) is 1. The highest BCUT2D eigenvalue weighted by molar-refractivity contribution is 6.33. The van der Waals surface area contributed by atoms with E-state index in [1.807, 2.05) is 29.6 Å². The first-order chi connectivity index (χ1) is 13.5. The summed E-state index contributed by atoms with van der Waals surface area (Å²) in [5, 5.41) is 5.37. The Morgan fingerprint density at radius 3 is 2.64 bits per heavy atom. The molecule has 0 atom stereocenters. The summed E-state index contributed by atoms with van der Waals surface area (Å²) in [5.41, 5.74) is 9.33. The molecule has 0 amide bonds. The van der Waals surface area contributed by atoms with Crippen molar-refractivity contribution in [3.05, 3.63) is 34.9 Å². The third kappa shape index (κ3) is 3.86. The molecule has 0 aliphatic carbocycles. The minimum absolute atomic E-state index is 0.494. The van der Waals surface area contributed by atoms with E-state index in [0.717, 1.165) is 42.1 Å². The molecule has 7 nitrogen and oxygen atoms in total. The zero-order chi connectivity index (χ0) is 20.3. The van der Waals surface area contributed by atoms with Crippen molar-refractivity contribution in [1.29, 1.82) is 0 Å². The molecule has 2 N–H and O–H groups in total. The van der Waals surface area contributed by atoms with Gasteiger partial charge in [0.15, 0.2) is 5.65 Å². The fraction of sp³-hybridized carbons (Fsp3) is 0.400. The van der Waals surface area contributed by atoms with E-state index >= 15 is 0 Å². The normalized spacial score (nSPS) is 11.2. The first kappa shape index (κ1) is 20.2. The molecular weight excluding hydrogens is 378 g/mol. The second-order valence-electron chi connectivity index (χ2n) is 6.57. The summed E-state index contributed by atoms with van der Waals surface area (Å²) in [6, 6.07) is 7.43. The Balaban J connectivity index is 2.15. The summed E-state index contributed by atoms with van der Waals surface area (Å²) in [4.78, 5) is 6.75. The number of nitrogens with zero attached hydrogens (tertiary/aromatic N) is 4. The van der Waals surface area contributed by atoms with Gasteiger partial charge in [0.05, 0.1) is 24.4 Å². The molecule has 0 aliphatic heterocycles. The van der Waals surface area contributed by atoms with Crippen LogP contribution in [0.25, 0.3) is 16.9 Å². The lowest BCUT2D eigenvalue weighted by Gasteiger charge is -2.26. The first-order valence-corrected chi connectivity index (χ1v) is 9.61. The number of fused-ring (bicyclic) bond motifs is 1. The van der Waals surface area contributed by atoms with E-state index in [2.05, 4.69) is 16.8 Å². The van der Waals surface area contributed by atoms with Gasteiger partial charge in [-0.2, -0.15) is 9.61 Å². The van der Waals surface area contributed by atoms with Gasteiger partial charge < -0.3 is 20.1 Å². The maximum Gasteiger partial charge on any atom is 0.160 e. The van der Waals surface area contributed by atoms with E-state index in [-0.39, 0.29) is 0 Å². The molecule has 3 rings (SSSR count). The smallest absolute Gasteiger partial charge is 0.160 e. The van der Waals surface area contributed by atoms with Crippen LogP contribution in [0.15, 0.2) is 24.3 Å². The highest BCUT2D eigenvalue weighted by atomic mass is 35.5. The van der Waals surface area contributed by atoms with Crippen LogP contribution < -0.4 is 15.4 Å². The molecule has 3 aromatic rings. The molecule has 0 saturated heterocycles. The Labute approximate surface area is 170 Å². The maximum absolute atomic E-state index is 6.45. The number of ether oxygens (including phenoxy) is 2. The van der Waals surface area contributed by atoms with Gasteiger partial charge in [0.1, 0.15) is 17.4 Å². The summed E-state index contributed by atoms with van der Waals surface area (Å²) >= 11 is 6.45. The van der Waals surface area contributed by atoms with Gasteiger partial charge in [-0.25, -0.2) is 4.98 Å². The molecule has 0 saturated carbocycles. The topological polar surface area (TPSA) is 77.9 Å². The minimum Gasteiger partial charge on any atom is -0.497 e. The van der Waals surface area contributed by atoms with Crippen LogP contribution in [0, 0.1) is 6.92 Å². The molecule has 28 heavy (non-hydrogen) atoms. The zero-order valence-electron chi connectivity index (χ0n) is 16.7. The largest absolute Gasteiger partial charge is 0.497 e. The van der Waals surface area contributed by atoms with Crippen LogP contribution in [-0.2, 0) is 4.74 Å². The van der Waals surface area contributed by atoms with Gasteiger partial charge in [-0.15, -0.1) is 0 Å². The van der Waals surface area contributed by atoms with Crippen LogP contribution in [0.2, 0.25) is 5.02 Å². The van der Waals surface area contributed by atoms with Crippen LogP contribution >= 0.6 is 11.6 Å². The van der Waals surface area contributed by atoms with Crippen LogP contribution in [0.5, 0.6) is 5.75 Å². The predicted molar refractivity (Wildman–Crippen MR) is 114 cm³/mol. The average molecular weight is 404 g/mol. The lowest BCUT2D eigenvalue weighted by atomic mass is 10.1. The summed E-state index contributed by atoms with van der Waals surface area (Å²) in [6.45, 7) is 6.32. The SMILES string of the molecule is CCCN(CCOC)c1c(C)c(N)nc2cc(-c3ccc(OC)cc3Cl)nn12. The Kier molecular flexibility index (Phi) is 6.26. The molecule has 1 aromatic carbocycles. The van der Waals surface area contributed by atoms with Crippen LogP contribution in [-0.4, -0.2) is 48.5 Å². The van der Waals surface area contributed by atoms with E-state index in [1.165, 1.54) is 0 Å². The van der Waals surface area contributed by atoms with Gasteiger partial charge >= 0.3 is 0 Å². The fourth-order valence-corrected chi connectivity index (χ4v) is 3.48. The van der Waals surface area contributed by atoms with Crippen molar-refractivity contribution < 1.29 is 9.47 Å². The van der Waals surface area contributed by atoms with E-state index in [9.17, 15) is 0 Å². The van der Waals surface area contributed by atoms with Gasteiger partial charge in [-0.1, -0.05) is 18.5 Å². The van der Waals surface area contributed by atoms with Crippen molar-refractivity contribution in [3.8, 4) is 17.0 Å². The third-order valence-corrected chi connectivity index (χ3v) is 4.97. The maximum atomic E-state index is 6.45.